The van der Waals surface area contributed by atoms with Gasteiger partial charge < -0.3 is 10.4 Å². The molecule has 1 amide bonds. The van der Waals surface area contributed by atoms with Crippen LogP contribution in [0.25, 0.3) is 6.08 Å². The lowest BCUT2D eigenvalue weighted by Gasteiger charge is -2.09. The second kappa shape index (κ2) is 8.22. The molecule has 5 heteroatoms. The Labute approximate surface area is 140 Å². The molecule has 0 radical (unpaired) electrons. The van der Waals surface area contributed by atoms with E-state index in [-0.39, 0.29) is 17.6 Å². The van der Waals surface area contributed by atoms with Gasteiger partial charge in [-0.2, -0.15) is 0 Å². The van der Waals surface area contributed by atoms with Crippen molar-refractivity contribution in [2.75, 3.05) is 5.32 Å². The fourth-order valence-electron chi connectivity index (χ4n) is 1.91. The molecule has 0 fully saturated rings. The molecule has 2 rings (SSSR count). The van der Waals surface area contributed by atoms with Crippen molar-refractivity contribution in [3.05, 3.63) is 71.3 Å². The van der Waals surface area contributed by atoms with E-state index in [9.17, 15) is 4.79 Å². The van der Waals surface area contributed by atoms with Gasteiger partial charge in [-0.3, -0.25) is 10.1 Å². The first-order chi connectivity index (χ1) is 11.1. The number of benzene rings is 2. The number of thiocarbonyl (C=S) groups is 1. The minimum absolute atomic E-state index is 0.0477. The molecule has 0 aromatic heterocycles. The van der Waals surface area contributed by atoms with Crippen LogP contribution in [0.2, 0.25) is 0 Å². The Morgan fingerprint density at radius 2 is 1.96 bits per heavy atom. The van der Waals surface area contributed by atoms with Crippen molar-refractivity contribution in [1.82, 2.24) is 5.32 Å². The van der Waals surface area contributed by atoms with E-state index in [4.69, 9.17) is 17.3 Å². The predicted molar refractivity (Wildman–Crippen MR) is 96.9 cm³/mol. The Bertz CT molecular complexity index is 724. The second-order valence-electron chi connectivity index (χ2n) is 5.05. The summed E-state index contributed by atoms with van der Waals surface area (Å²) in [7, 11) is 0. The van der Waals surface area contributed by atoms with Crippen molar-refractivity contribution in [3.8, 4) is 0 Å². The fraction of sp³-hybridized carbons (Fsp3) is 0.111. The third-order valence-corrected chi connectivity index (χ3v) is 3.31. The second-order valence-corrected chi connectivity index (χ2v) is 5.45. The van der Waals surface area contributed by atoms with Crippen LogP contribution in [0, 0.1) is 6.92 Å². The topological polar surface area (TPSA) is 61.4 Å². The lowest BCUT2D eigenvalue weighted by atomic mass is 10.1. The molecule has 0 saturated carbocycles. The van der Waals surface area contributed by atoms with Crippen LogP contribution in [0.3, 0.4) is 0 Å². The minimum atomic E-state index is -0.304. The number of hydrogen-bond donors (Lipinski definition) is 3. The summed E-state index contributed by atoms with van der Waals surface area (Å²) >= 11 is 5.10. The van der Waals surface area contributed by atoms with Gasteiger partial charge in [0.15, 0.2) is 5.11 Å². The molecule has 0 bridgehead atoms. The smallest absolute Gasteiger partial charge is 0.250 e. The molecule has 23 heavy (non-hydrogen) atoms. The van der Waals surface area contributed by atoms with E-state index in [2.05, 4.69) is 10.6 Å². The molecule has 0 spiro atoms. The molecule has 0 aliphatic rings. The average Bonchev–Trinajstić information content (AvgIpc) is 2.54. The van der Waals surface area contributed by atoms with Crippen LogP contribution in [-0.2, 0) is 11.4 Å². The molecule has 0 aliphatic heterocycles. The monoisotopic (exact) mass is 326 g/mol. The number of hydrogen-bond acceptors (Lipinski definition) is 3. The predicted octanol–water partition coefficient (Wildman–Crippen LogP) is 3.01. The van der Waals surface area contributed by atoms with Gasteiger partial charge in [0.25, 0.3) is 0 Å². The largest absolute Gasteiger partial charge is 0.392 e. The Morgan fingerprint density at radius 1 is 1.22 bits per heavy atom. The van der Waals surface area contributed by atoms with Crippen LogP contribution in [-0.4, -0.2) is 16.1 Å². The maximum Gasteiger partial charge on any atom is 0.250 e. The first-order valence-corrected chi connectivity index (χ1v) is 7.54. The van der Waals surface area contributed by atoms with Crippen LogP contribution in [0.4, 0.5) is 5.69 Å². The number of carbonyl (C=O) groups excluding carboxylic acids is 1. The van der Waals surface area contributed by atoms with Gasteiger partial charge >= 0.3 is 0 Å². The van der Waals surface area contributed by atoms with Gasteiger partial charge in [-0.1, -0.05) is 42.0 Å². The van der Waals surface area contributed by atoms with Crippen LogP contribution < -0.4 is 10.6 Å². The number of aliphatic hydroxyl groups excluding tert-OH is 1. The van der Waals surface area contributed by atoms with Crippen LogP contribution in [0.15, 0.2) is 54.6 Å². The lowest BCUT2D eigenvalue weighted by molar-refractivity contribution is -0.115. The number of rotatable bonds is 4. The van der Waals surface area contributed by atoms with E-state index < -0.39 is 0 Å². The quantitative estimate of drug-likeness (QED) is 0.597. The van der Waals surface area contributed by atoms with Crippen molar-refractivity contribution < 1.29 is 9.90 Å². The molecular formula is C18H18N2O2S. The molecule has 0 atom stereocenters. The molecule has 0 unspecified atom stereocenters. The lowest BCUT2D eigenvalue weighted by Crippen LogP contribution is -2.32. The zero-order valence-corrected chi connectivity index (χ0v) is 13.6. The van der Waals surface area contributed by atoms with E-state index in [0.717, 1.165) is 11.1 Å². The summed E-state index contributed by atoms with van der Waals surface area (Å²) in [5, 5.41) is 14.8. The Hall–Kier alpha value is -2.50. The highest BCUT2D eigenvalue weighted by atomic mass is 32.1. The maximum atomic E-state index is 11.8. The molecule has 2 aromatic rings. The Morgan fingerprint density at radius 3 is 2.65 bits per heavy atom. The number of carbonyl (C=O) groups is 1. The van der Waals surface area contributed by atoms with Crippen LogP contribution in [0.1, 0.15) is 16.7 Å². The zero-order valence-electron chi connectivity index (χ0n) is 12.7. The number of amides is 1. The number of nitrogens with one attached hydrogen (secondary N) is 2. The number of aryl methyl sites for hydroxylation is 1. The Kier molecular flexibility index (Phi) is 6.02. The molecule has 0 aliphatic carbocycles. The van der Waals surface area contributed by atoms with Gasteiger partial charge in [0.05, 0.1) is 6.61 Å². The molecule has 0 saturated heterocycles. The van der Waals surface area contributed by atoms with Gasteiger partial charge in [-0.15, -0.1) is 0 Å². The summed E-state index contributed by atoms with van der Waals surface area (Å²) in [6.45, 7) is 1.96. The van der Waals surface area contributed by atoms with Crippen molar-refractivity contribution >= 4 is 35.0 Å². The zero-order chi connectivity index (χ0) is 16.7. The fourth-order valence-corrected chi connectivity index (χ4v) is 2.13. The van der Waals surface area contributed by atoms with Gasteiger partial charge in [-0.25, -0.2) is 0 Å². The SMILES string of the molecule is Cc1ccc(/C=C/C(=O)NC(=S)Nc2cccc(CO)c2)cc1. The van der Waals surface area contributed by atoms with E-state index in [0.29, 0.717) is 5.69 Å². The highest BCUT2D eigenvalue weighted by Gasteiger charge is 2.02. The molecule has 4 nitrogen and oxygen atoms in total. The maximum absolute atomic E-state index is 11.8. The summed E-state index contributed by atoms with van der Waals surface area (Å²) < 4.78 is 0. The minimum Gasteiger partial charge on any atom is -0.392 e. The normalized spacial score (nSPS) is 10.5. The standard InChI is InChI=1S/C18H18N2O2S/c1-13-5-7-14(8-6-13)9-10-17(22)20-18(23)19-16-4-2-3-15(11-16)12-21/h2-11,21H,12H2,1H3,(H2,19,20,22,23)/b10-9+. The number of aliphatic hydroxyl groups is 1. The van der Waals surface area contributed by atoms with Crippen molar-refractivity contribution in [1.29, 1.82) is 0 Å². The van der Waals surface area contributed by atoms with Gasteiger partial charge in [0.2, 0.25) is 5.91 Å². The van der Waals surface area contributed by atoms with Crippen molar-refractivity contribution in [3.63, 3.8) is 0 Å². The molecule has 3 N–H and O–H groups in total. The van der Waals surface area contributed by atoms with Gasteiger partial charge in [0, 0.05) is 11.8 Å². The summed E-state index contributed by atoms with van der Waals surface area (Å²) in [4.78, 5) is 11.8. The van der Waals surface area contributed by atoms with E-state index in [1.165, 1.54) is 11.6 Å². The van der Waals surface area contributed by atoms with Gasteiger partial charge in [0.1, 0.15) is 0 Å². The average molecular weight is 326 g/mol. The summed E-state index contributed by atoms with van der Waals surface area (Å²) in [5.74, 6) is -0.304. The van der Waals surface area contributed by atoms with E-state index >= 15 is 0 Å². The number of anilines is 1. The highest BCUT2D eigenvalue weighted by molar-refractivity contribution is 7.80. The summed E-state index contributed by atoms with van der Waals surface area (Å²) in [6.07, 6.45) is 3.16. The molecule has 118 valence electrons. The van der Waals surface area contributed by atoms with Crippen LogP contribution in [0.5, 0.6) is 0 Å². The first kappa shape index (κ1) is 16.9. The summed E-state index contributed by atoms with van der Waals surface area (Å²) in [5.41, 5.74) is 3.59. The van der Waals surface area contributed by atoms with Gasteiger partial charge in [-0.05, 0) is 48.5 Å². The molecule has 2 aromatic carbocycles. The van der Waals surface area contributed by atoms with E-state index in [1.54, 1.807) is 30.3 Å². The van der Waals surface area contributed by atoms with Crippen LogP contribution >= 0.6 is 12.2 Å². The third kappa shape index (κ3) is 5.65. The van der Waals surface area contributed by atoms with Crippen molar-refractivity contribution in [2.24, 2.45) is 0 Å². The molecule has 0 heterocycles. The summed E-state index contributed by atoms with van der Waals surface area (Å²) in [6, 6.07) is 15.0. The van der Waals surface area contributed by atoms with Crippen molar-refractivity contribution in [2.45, 2.75) is 13.5 Å². The Balaban J connectivity index is 1.89. The third-order valence-electron chi connectivity index (χ3n) is 3.11. The van der Waals surface area contributed by atoms with E-state index in [1.807, 2.05) is 31.2 Å². The first-order valence-electron chi connectivity index (χ1n) is 7.13. The molecular weight excluding hydrogens is 308 g/mol. The highest BCUT2D eigenvalue weighted by Crippen LogP contribution is 2.10.